The fourth-order valence-electron chi connectivity index (χ4n) is 6.17. The summed E-state index contributed by atoms with van der Waals surface area (Å²) in [6, 6.07) is 15.2. The fraction of sp³-hybridized carbons (Fsp3) is 0.464. The molecule has 2 heterocycles. The van der Waals surface area contributed by atoms with Crippen LogP contribution in [-0.4, -0.2) is 53.2 Å². The van der Waals surface area contributed by atoms with E-state index in [0.29, 0.717) is 19.4 Å². The Bertz CT molecular complexity index is 1100. The maximum atomic E-state index is 13.5. The third-order valence-electron chi connectivity index (χ3n) is 7.93. The molecule has 2 amide bonds. The van der Waals surface area contributed by atoms with Gasteiger partial charge in [-0.15, -0.1) is 0 Å². The molecule has 2 aliphatic heterocycles. The number of nitrogens with one attached hydrogen (secondary N) is 1. The Labute approximate surface area is 205 Å². The van der Waals surface area contributed by atoms with E-state index in [4.69, 9.17) is 4.74 Å². The van der Waals surface area contributed by atoms with Crippen LogP contribution in [0, 0.1) is 17.8 Å². The van der Waals surface area contributed by atoms with Gasteiger partial charge in [0.15, 0.2) is 0 Å². The van der Waals surface area contributed by atoms with Crippen molar-refractivity contribution in [2.24, 2.45) is 17.8 Å². The number of aliphatic carboxylic acids is 1. The van der Waals surface area contributed by atoms with Crippen LogP contribution in [0.4, 0.5) is 4.79 Å². The topological polar surface area (TPSA) is 95.9 Å². The van der Waals surface area contributed by atoms with Gasteiger partial charge in [-0.2, -0.15) is 0 Å². The van der Waals surface area contributed by atoms with Crippen molar-refractivity contribution in [2.75, 3.05) is 13.2 Å². The van der Waals surface area contributed by atoms with E-state index in [0.717, 1.165) is 28.7 Å². The van der Waals surface area contributed by atoms with Crippen LogP contribution in [0.5, 0.6) is 0 Å². The molecule has 7 heteroatoms. The lowest BCUT2D eigenvalue weighted by molar-refractivity contribution is -0.157. The summed E-state index contributed by atoms with van der Waals surface area (Å²) in [5.74, 6) is -1.61. The largest absolute Gasteiger partial charge is 0.481 e. The summed E-state index contributed by atoms with van der Waals surface area (Å²) in [6.45, 7) is 4.49. The molecular formula is C28H32N2O5. The molecule has 1 saturated carbocycles. The number of nitrogens with zero attached hydrogens (tertiary/aromatic N) is 1. The van der Waals surface area contributed by atoms with E-state index >= 15 is 0 Å². The van der Waals surface area contributed by atoms with Gasteiger partial charge < -0.3 is 20.1 Å². The number of carbonyl (C=O) groups is 3. The molecular weight excluding hydrogens is 444 g/mol. The highest BCUT2D eigenvalue weighted by Gasteiger charge is 2.47. The predicted molar refractivity (Wildman–Crippen MR) is 131 cm³/mol. The van der Waals surface area contributed by atoms with E-state index in [9.17, 15) is 19.5 Å². The number of ether oxygens (including phenoxy) is 1. The second-order valence-corrected chi connectivity index (χ2v) is 10.4. The maximum Gasteiger partial charge on any atom is 0.407 e. The number of carboxylic acids is 1. The Kier molecular flexibility index (Phi) is 6.26. The van der Waals surface area contributed by atoms with Crippen molar-refractivity contribution in [2.45, 2.75) is 51.1 Å². The smallest absolute Gasteiger partial charge is 0.407 e. The van der Waals surface area contributed by atoms with Crippen molar-refractivity contribution in [3.63, 3.8) is 0 Å². The van der Waals surface area contributed by atoms with Crippen LogP contribution in [0.2, 0.25) is 0 Å². The zero-order chi connectivity index (χ0) is 24.7. The number of rotatable bonds is 6. The number of fused-ring (bicyclic) bond motifs is 6. The van der Waals surface area contributed by atoms with Crippen molar-refractivity contribution in [1.29, 1.82) is 0 Å². The second kappa shape index (κ2) is 9.36. The normalized spacial score (nSPS) is 23.5. The van der Waals surface area contributed by atoms with E-state index in [1.807, 2.05) is 38.1 Å². The van der Waals surface area contributed by atoms with Crippen LogP contribution in [-0.2, 0) is 14.3 Å². The third-order valence-corrected chi connectivity index (χ3v) is 7.93. The van der Waals surface area contributed by atoms with Crippen molar-refractivity contribution < 1.29 is 24.2 Å². The van der Waals surface area contributed by atoms with Crippen molar-refractivity contribution in [3.8, 4) is 11.1 Å². The van der Waals surface area contributed by atoms with Crippen molar-refractivity contribution in [1.82, 2.24) is 10.2 Å². The number of amides is 2. The Hall–Kier alpha value is -3.35. The monoisotopic (exact) mass is 476 g/mol. The SMILES string of the molecule is CC(C)[C@H](NC(=O)OCC1c2ccccc2-c2ccccc21)C(=O)N1CC2CCC1C(C(=O)O)C2. The van der Waals surface area contributed by atoms with Gasteiger partial charge in [-0.3, -0.25) is 9.59 Å². The van der Waals surface area contributed by atoms with Gasteiger partial charge in [0, 0.05) is 18.5 Å². The Morgan fingerprint density at radius 3 is 2.23 bits per heavy atom. The summed E-state index contributed by atoms with van der Waals surface area (Å²) in [4.78, 5) is 39.8. The van der Waals surface area contributed by atoms with Gasteiger partial charge in [-0.1, -0.05) is 62.4 Å². The lowest BCUT2D eigenvalue weighted by Crippen LogP contribution is -2.62. The van der Waals surface area contributed by atoms with Crippen molar-refractivity contribution in [3.05, 3.63) is 59.7 Å². The summed E-state index contributed by atoms with van der Waals surface area (Å²) in [7, 11) is 0. The average molecular weight is 477 g/mol. The standard InChI is InChI=1S/C28H32N2O5/c1-16(2)25(26(31)30-14-17-11-12-24(30)22(13-17)27(32)33)29-28(34)35-15-23-20-9-5-3-7-18(20)19-8-4-6-10-21(19)23/h3-10,16-17,22-25H,11-15H2,1-2H3,(H,29,34)(H,32,33)/t17?,22?,24?,25-/m0/s1. The first kappa shape index (κ1) is 23.4. The highest BCUT2D eigenvalue weighted by molar-refractivity contribution is 5.87. The zero-order valence-corrected chi connectivity index (χ0v) is 20.1. The number of carboxylic acid groups (broad SMARTS) is 1. The number of piperidine rings is 2. The third kappa shape index (κ3) is 4.28. The molecule has 7 nitrogen and oxygen atoms in total. The van der Waals surface area contributed by atoms with Gasteiger partial charge in [-0.05, 0) is 53.4 Å². The highest BCUT2D eigenvalue weighted by atomic mass is 16.5. The van der Waals surface area contributed by atoms with Crippen LogP contribution in [0.25, 0.3) is 11.1 Å². The first-order valence-corrected chi connectivity index (χ1v) is 12.5. The molecule has 2 saturated heterocycles. The Morgan fingerprint density at radius 1 is 1.03 bits per heavy atom. The minimum atomic E-state index is -0.845. The molecule has 4 aliphatic rings. The molecule has 3 unspecified atom stereocenters. The molecule has 184 valence electrons. The molecule has 2 bridgehead atoms. The summed E-state index contributed by atoms with van der Waals surface area (Å²) >= 11 is 0. The lowest BCUT2D eigenvalue weighted by Gasteiger charge is -2.49. The average Bonchev–Trinajstić information content (AvgIpc) is 3.19. The lowest BCUT2D eigenvalue weighted by atomic mass is 9.72. The molecule has 0 aromatic heterocycles. The minimum absolute atomic E-state index is 0.0597. The fourth-order valence-corrected chi connectivity index (χ4v) is 6.17. The predicted octanol–water partition coefficient (Wildman–Crippen LogP) is 4.26. The summed E-state index contributed by atoms with van der Waals surface area (Å²) < 4.78 is 5.66. The summed E-state index contributed by atoms with van der Waals surface area (Å²) in [5.41, 5.74) is 4.56. The molecule has 2 N–H and O–H groups in total. The summed E-state index contributed by atoms with van der Waals surface area (Å²) in [6.07, 6.45) is 1.64. The molecule has 0 spiro atoms. The molecule has 35 heavy (non-hydrogen) atoms. The number of alkyl carbamates (subject to hydrolysis) is 1. The van der Waals surface area contributed by atoms with Crippen LogP contribution < -0.4 is 5.32 Å². The van der Waals surface area contributed by atoms with Crippen LogP contribution in [0.1, 0.15) is 50.2 Å². The van der Waals surface area contributed by atoms with Gasteiger partial charge >= 0.3 is 12.1 Å². The number of hydrogen-bond acceptors (Lipinski definition) is 4. The second-order valence-electron chi connectivity index (χ2n) is 10.4. The van der Waals surface area contributed by atoms with Gasteiger partial charge in [0.25, 0.3) is 0 Å². The van der Waals surface area contributed by atoms with Gasteiger partial charge in [0.2, 0.25) is 5.91 Å². The summed E-state index contributed by atoms with van der Waals surface area (Å²) in [5, 5.41) is 12.4. The van der Waals surface area contributed by atoms with Gasteiger partial charge in [0.05, 0.1) is 5.92 Å². The Morgan fingerprint density at radius 2 is 1.66 bits per heavy atom. The van der Waals surface area contributed by atoms with Crippen molar-refractivity contribution >= 4 is 18.0 Å². The van der Waals surface area contributed by atoms with Crippen LogP contribution in [0.15, 0.2) is 48.5 Å². The first-order chi connectivity index (χ1) is 16.8. The van der Waals surface area contributed by atoms with E-state index in [2.05, 4.69) is 29.6 Å². The molecule has 2 aromatic carbocycles. The number of benzene rings is 2. The van der Waals surface area contributed by atoms with Crippen LogP contribution >= 0.6 is 0 Å². The van der Waals surface area contributed by atoms with E-state index in [1.54, 1.807) is 4.90 Å². The minimum Gasteiger partial charge on any atom is -0.481 e. The van der Waals surface area contributed by atoms with E-state index < -0.39 is 24.0 Å². The van der Waals surface area contributed by atoms with Crippen LogP contribution in [0.3, 0.4) is 0 Å². The van der Waals surface area contributed by atoms with E-state index in [1.165, 1.54) is 0 Å². The maximum absolute atomic E-state index is 13.5. The Balaban J connectivity index is 1.27. The molecule has 4 atom stereocenters. The quantitative estimate of drug-likeness (QED) is 0.650. The van der Waals surface area contributed by atoms with Gasteiger partial charge in [-0.25, -0.2) is 4.79 Å². The zero-order valence-electron chi connectivity index (χ0n) is 20.1. The molecule has 0 radical (unpaired) electrons. The first-order valence-electron chi connectivity index (χ1n) is 12.5. The molecule has 2 aromatic rings. The number of hydrogen-bond donors (Lipinski definition) is 2. The molecule has 6 rings (SSSR count). The van der Waals surface area contributed by atoms with Gasteiger partial charge in [0.1, 0.15) is 12.6 Å². The molecule has 3 fully saturated rings. The highest BCUT2D eigenvalue weighted by Crippen LogP contribution is 2.44. The molecule has 2 aliphatic carbocycles. The van der Waals surface area contributed by atoms with E-state index in [-0.39, 0.29) is 36.3 Å². The number of carbonyl (C=O) groups excluding carboxylic acids is 2.